The van der Waals surface area contributed by atoms with E-state index in [-0.39, 0.29) is 0 Å². The lowest BCUT2D eigenvalue weighted by atomic mass is 9.28. The van der Waals surface area contributed by atoms with Crippen LogP contribution in [0.5, 0.6) is 0 Å². The van der Waals surface area contributed by atoms with Gasteiger partial charge in [0.05, 0.1) is 0 Å². The van der Waals surface area contributed by atoms with Crippen LogP contribution in [-0.4, -0.2) is 0 Å². The molecule has 0 aliphatic heterocycles. The quantitative estimate of drug-likeness (QED) is 0.628. The topological polar surface area (TPSA) is 0 Å². The van der Waals surface area contributed by atoms with E-state index in [0.29, 0.717) is 0 Å². The molecule has 0 amide bonds. The van der Waals surface area contributed by atoms with Gasteiger partial charge in [-0.05, 0) is 118 Å². The van der Waals surface area contributed by atoms with Gasteiger partial charge in [-0.25, -0.2) is 0 Å². The third kappa shape index (κ3) is 0.265. The van der Waals surface area contributed by atoms with Gasteiger partial charge in [0.1, 0.15) is 0 Å². The molecule has 0 heterocycles. The summed E-state index contributed by atoms with van der Waals surface area (Å²) in [4.78, 5) is 0. The summed E-state index contributed by atoms with van der Waals surface area (Å²) < 4.78 is 0. The second-order valence-electron chi connectivity index (χ2n) is 11.6. The third-order valence-electron chi connectivity index (χ3n) is 14.1. The minimum atomic E-state index is 1.05. The highest BCUT2D eigenvalue weighted by Gasteiger charge is 3.19. The maximum atomic E-state index is 1.77. The molecule has 0 aromatic rings. The molecule has 100 valence electrons. The molecule has 8 bridgehead atoms. The van der Waals surface area contributed by atoms with Crippen molar-refractivity contribution >= 4 is 0 Å². The lowest BCUT2D eigenvalue weighted by Crippen LogP contribution is -2.73. The lowest BCUT2D eigenvalue weighted by Gasteiger charge is -2.74. The average molecular weight is 260 g/mol. The van der Waals surface area contributed by atoms with Crippen LogP contribution in [0.2, 0.25) is 0 Å². The number of rotatable bonds is 0. The summed E-state index contributed by atoms with van der Waals surface area (Å²) in [5.41, 5.74) is 4.18. The molecule has 20 heavy (non-hydrogen) atoms. The van der Waals surface area contributed by atoms with E-state index < -0.39 is 0 Å². The summed E-state index contributed by atoms with van der Waals surface area (Å²) in [6, 6.07) is 0. The van der Waals surface area contributed by atoms with E-state index in [2.05, 4.69) is 0 Å². The van der Waals surface area contributed by atoms with E-state index in [4.69, 9.17) is 0 Å². The van der Waals surface area contributed by atoms with Crippen molar-refractivity contribution in [1.29, 1.82) is 0 Å². The van der Waals surface area contributed by atoms with E-state index in [1.165, 1.54) is 71.0 Å². The maximum absolute atomic E-state index is 1.77. The highest BCUT2D eigenvalue weighted by Crippen LogP contribution is 3.22. The van der Waals surface area contributed by atoms with Gasteiger partial charge >= 0.3 is 0 Å². The van der Waals surface area contributed by atoms with Gasteiger partial charge in [0.2, 0.25) is 0 Å². The van der Waals surface area contributed by atoms with Crippen molar-refractivity contribution in [3.8, 4) is 0 Å². The Bertz CT molecular complexity index is 576. The Hall–Kier alpha value is 0. The molecule has 13 saturated carbocycles. The fraction of sp³-hybridized carbons (Fsp3) is 1.00. The standard InChI is InChI=1S/C20H20/c1-5-13-7-2-8-14(13)6(1)18-10-4-12-16-11-3-9(15(10)16)17(5,18)19(7,11)20(8,12)18/h5-16H,1-4H2. The molecule has 0 aromatic heterocycles. The molecule has 0 heteroatoms. The van der Waals surface area contributed by atoms with Crippen LogP contribution in [0.1, 0.15) is 25.7 Å². The van der Waals surface area contributed by atoms with Gasteiger partial charge in [-0.15, -0.1) is 0 Å². The highest BCUT2D eigenvalue weighted by atomic mass is 15.2. The minimum absolute atomic E-state index is 1.05. The van der Waals surface area contributed by atoms with E-state index >= 15 is 0 Å². The Morgan fingerprint density at radius 1 is 0.350 bits per heavy atom. The normalized spacial score (nSPS) is 108. The Labute approximate surface area is 119 Å². The van der Waals surface area contributed by atoms with Crippen molar-refractivity contribution in [2.24, 2.45) is 92.7 Å². The van der Waals surface area contributed by atoms with Crippen molar-refractivity contribution in [2.75, 3.05) is 0 Å². The van der Waals surface area contributed by atoms with Crippen LogP contribution in [0.25, 0.3) is 0 Å². The van der Waals surface area contributed by atoms with Crippen LogP contribution in [-0.2, 0) is 0 Å². The molecule has 8 unspecified atom stereocenters. The van der Waals surface area contributed by atoms with E-state index in [9.17, 15) is 0 Å². The van der Waals surface area contributed by atoms with Crippen LogP contribution < -0.4 is 0 Å². The second-order valence-corrected chi connectivity index (χ2v) is 11.6. The summed E-state index contributed by atoms with van der Waals surface area (Å²) in [6.45, 7) is 0. The van der Waals surface area contributed by atoms with Crippen LogP contribution in [0.3, 0.4) is 0 Å². The SMILES string of the molecule is C1C2C3C4C1C15C6CC7C8C6C6CC8C8(C3CC4C718)C265. The molecule has 0 radical (unpaired) electrons. The van der Waals surface area contributed by atoms with Gasteiger partial charge in [0.15, 0.2) is 0 Å². The van der Waals surface area contributed by atoms with Crippen molar-refractivity contribution in [1.82, 2.24) is 0 Å². The van der Waals surface area contributed by atoms with E-state index in [1.807, 2.05) is 0 Å². The Morgan fingerprint density at radius 2 is 0.550 bits per heavy atom. The van der Waals surface area contributed by atoms with Gasteiger partial charge in [-0.3, -0.25) is 0 Å². The van der Waals surface area contributed by atoms with Gasteiger partial charge in [-0.2, -0.15) is 0 Å². The Kier molecular flexibility index (Phi) is 0.603. The number of hydrogen-bond donors (Lipinski definition) is 0. The first kappa shape index (κ1) is 8.02. The third-order valence-corrected chi connectivity index (χ3v) is 14.1. The zero-order chi connectivity index (χ0) is 11.8. The summed E-state index contributed by atoms with van der Waals surface area (Å²) >= 11 is 0. The summed E-state index contributed by atoms with van der Waals surface area (Å²) in [5.74, 6) is 15.7. The largest absolute Gasteiger partial charge is 0.0459 e. The Morgan fingerprint density at radius 3 is 0.750 bits per heavy atom. The minimum Gasteiger partial charge on any atom is -0.0459 e. The van der Waals surface area contributed by atoms with Crippen molar-refractivity contribution in [2.45, 2.75) is 25.7 Å². The first-order valence-corrected chi connectivity index (χ1v) is 9.91. The van der Waals surface area contributed by atoms with Crippen LogP contribution in [0, 0.1) is 92.7 Å². The molecule has 13 fully saturated rings. The monoisotopic (exact) mass is 260 g/mol. The number of hydrogen-bond acceptors (Lipinski definition) is 0. The molecule has 0 saturated heterocycles. The molecule has 4 spiro atoms. The average Bonchev–Trinajstić information content (AvgIpc) is 3.07. The van der Waals surface area contributed by atoms with E-state index in [0.717, 1.165) is 21.7 Å². The van der Waals surface area contributed by atoms with Crippen LogP contribution in [0.4, 0.5) is 0 Å². The molecular weight excluding hydrogens is 240 g/mol. The molecule has 13 aliphatic carbocycles. The molecule has 0 N–H and O–H groups in total. The van der Waals surface area contributed by atoms with Gasteiger partial charge in [0, 0.05) is 0 Å². The first-order chi connectivity index (χ1) is 9.91. The van der Waals surface area contributed by atoms with Gasteiger partial charge < -0.3 is 0 Å². The fourth-order valence-corrected chi connectivity index (χ4v) is 16.8. The van der Waals surface area contributed by atoms with Crippen molar-refractivity contribution in [3.05, 3.63) is 0 Å². The van der Waals surface area contributed by atoms with Gasteiger partial charge in [0.25, 0.3) is 0 Å². The maximum Gasteiger partial charge on any atom is -0.00996 e. The summed E-state index contributed by atoms with van der Waals surface area (Å²) in [5, 5.41) is 0. The zero-order valence-corrected chi connectivity index (χ0v) is 11.8. The first-order valence-electron chi connectivity index (χ1n) is 9.91. The van der Waals surface area contributed by atoms with E-state index in [1.54, 1.807) is 25.7 Å². The molecule has 13 rings (SSSR count). The molecule has 13 aliphatic rings. The predicted octanol–water partition coefficient (Wildman–Crippen LogP) is 3.04. The molecule has 0 nitrogen and oxygen atoms in total. The Balaban J connectivity index is 1.59. The van der Waals surface area contributed by atoms with Gasteiger partial charge in [-0.1, -0.05) is 0 Å². The van der Waals surface area contributed by atoms with Crippen LogP contribution in [0.15, 0.2) is 0 Å². The highest BCUT2D eigenvalue weighted by molar-refractivity contribution is 5.65. The lowest BCUT2D eigenvalue weighted by molar-refractivity contribution is -0.297. The molecule has 0 aromatic carbocycles. The molecule has 8 atom stereocenters. The van der Waals surface area contributed by atoms with Crippen molar-refractivity contribution in [3.63, 3.8) is 0 Å². The predicted molar refractivity (Wildman–Crippen MR) is 70.1 cm³/mol. The summed E-state index contributed by atoms with van der Waals surface area (Å²) in [6.07, 6.45) is 7.09. The fourth-order valence-electron chi connectivity index (χ4n) is 16.8. The van der Waals surface area contributed by atoms with Crippen molar-refractivity contribution < 1.29 is 0 Å². The van der Waals surface area contributed by atoms with Crippen LogP contribution >= 0.6 is 0 Å². The molecular formula is C20H20. The summed E-state index contributed by atoms with van der Waals surface area (Å²) in [7, 11) is 0. The zero-order valence-electron chi connectivity index (χ0n) is 11.8. The second kappa shape index (κ2) is 1.50. The smallest absolute Gasteiger partial charge is 0.00996 e.